The molecule has 0 bridgehead atoms. The first-order valence-electron chi connectivity index (χ1n) is 9.70. The Labute approximate surface area is 161 Å². The first-order valence-corrected chi connectivity index (χ1v) is 9.70. The first-order chi connectivity index (χ1) is 12.9. The van der Waals surface area contributed by atoms with E-state index in [9.17, 15) is 0 Å². The van der Waals surface area contributed by atoms with Crippen molar-refractivity contribution >= 4 is 21.7 Å². The van der Waals surface area contributed by atoms with Gasteiger partial charge in [0.05, 0.1) is 11.2 Å². The second-order valence-corrected chi connectivity index (χ2v) is 8.00. The number of hydrogen-bond acceptors (Lipinski definition) is 2. The summed E-state index contributed by atoms with van der Waals surface area (Å²) in [6.07, 6.45) is 1.10. The van der Waals surface area contributed by atoms with Crippen molar-refractivity contribution < 1.29 is 0 Å². The van der Waals surface area contributed by atoms with Crippen LogP contribution in [-0.4, -0.2) is 9.97 Å². The van der Waals surface area contributed by atoms with E-state index in [4.69, 9.17) is 9.97 Å². The van der Waals surface area contributed by atoms with Crippen LogP contribution in [0.15, 0.2) is 48.5 Å². The Morgan fingerprint density at radius 3 is 2.37 bits per heavy atom. The molecule has 0 amide bonds. The molecule has 0 radical (unpaired) electrons. The summed E-state index contributed by atoms with van der Waals surface area (Å²) >= 11 is 0. The zero-order chi connectivity index (χ0) is 19.1. The summed E-state index contributed by atoms with van der Waals surface area (Å²) in [5.74, 6) is 1.47. The Hall–Kier alpha value is -2.74. The SMILES string of the molecule is Cc1nc(-c2ccccc2C)c2ccc3cc(CC(C)C)cc(C)c3c2n1. The number of hydrogen-bond donors (Lipinski definition) is 0. The molecule has 0 unspecified atom stereocenters. The second-order valence-electron chi connectivity index (χ2n) is 8.00. The molecule has 0 aliphatic heterocycles. The van der Waals surface area contributed by atoms with E-state index in [2.05, 4.69) is 76.2 Å². The fraction of sp³-hybridized carbons (Fsp3) is 0.280. The number of aromatic nitrogens is 2. The summed E-state index contributed by atoms with van der Waals surface area (Å²) < 4.78 is 0. The van der Waals surface area contributed by atoms with Crippen LogP contribution in [0, 0.1) is 26.7 Å². The monoisotopic (exact) mass is 354 g/mol. The molecule has 2 nitrogen and oxygen atoms in total. The molecule has 4 aromatic rings. The molecule has 0 fully saturated rings. The van der Waals surface area contributed by atoms with E-state index in [1.165, 1.54) is 33.0 Å². The van der Waals surface area contributed by atoms with Crippen LogP contribution in [0.5, 0.6) is 0 Å². The van der Waals surface area contributed by atoms with E-state index in [1.807, 2.05) is 6.92 Å². The summed E-state index contributed by atoms with van der Waals surface area (Å²) in [7, 11) is 0. The third-order valence-corrected chi connectivity index (χ3v) is 5.19. The van der Waals surface area contributed by atoms with E-state index in [1.54, 1.807) is 0 Å². The topological polar surface area (TPSA) is 25.8 Å². The lowest BCUT2D eigenvalue weighted by atomic mass is 9.93. The largest absolute Gasteiger partial charge is 0.233 e. The molecule has 1 aromatic heterocycles. The number of fused-ring (bicyclic) bond motifs is 3. The molecule has 0 N–H and O–H groups in total. The molecule has 136 valence electrons. The Morgan fingerprint density at radius 1 is 0.852 bits per heavy atom. The summed E-state index contributed by atoms with van der Waals surface area (Å²) in [5, 5.41) is 3.65. The van der Waals surface area contributed by atoms with Crippen LogP contribution in [0.3, 0.4) is 0 Å². The highest BCUT2D eigenvalue weighted by Crippen LogP contribution is 2.34. The maximum Gasteiger partial charge on any atom is 0.126 e. The van der Waals surface area contributed by atoms with Gasteiger partial charge < -0.3 is 0 Å². The van der Waals surface area contributed by atoms with Crippen LogP contribution in [0.1, 0.15) is 36.4 Å². The average molecular weight is 354 g/mol. The van der Waals surface area contributed by atoms with Gasteiger partial charge in [-0.2, -0.15) is 0 Å². The minimum absolute atomic E-state index is 0.652. The summed E-state index contributed by atoms with van der Waals surface area (Å²) in [5.41, 5.74) is 7.21. The average Bonchev–Trinajstić information content (AvgIpc) is 2.60. The molecule has 0 saturated carbocycles. The third kappa shape index (κ3) is 3.21. The van der Waals surface area contributed by atoms with Gasteiger partial charge in [0, 0.05) is 16.3 Å². The van der Waals surface area contributed by atoms with Crippen LogP contribution < -0.4 is 0 Å². The standard InChI is InChI=1S/C25H26N2/c1-15(2)12-19-13-17(4)23-20(14-19)10-11-22-24(26-18(5)27-25(22)23)21-9-7-6-8-16(21)3/h6-11,13-15H,12H2,1-5H3. The van der Waals surface area contributed by atoms with Crippen molar-refractivity contribution in [2.45, 2.75) is 41.0 Å². The van der Waals surface area contributed by atoms with Crippen molar-refractivity contribution in [3.8, 4) is 11.3 Å². The van der Waals surface area contributed by atoms with Gasteiger partial charge in [-0.05, 0) is 61.3 Å². The highest BCUT2D eigenvalue weighted by atomic mass is 14.9. The van der Waals surface area contributed by atoms with Crippen molar-refractivity contribution in [2.24, 2.45) is 5.92 Å². The van der Waals surface area contributed by atoms with Gasteiger partial charge in [0.2, 0.25) is 0 Å². The molecule has 0 spiro atoms. The zero-order valence-electron chi connectivity index (χ0n) is 16.8. The Morgan fingerprint density at radius 2 is 1.63 bits per heavy atom. The van der Waals surface area contributed by atoms with Gasteiger partial charge in [0.15, 0.2) is 0 Å². The normalized spacial score (nSPS) is 11.6. The molecule has 0 aliphatic rings. The van der Waals surface area contributed by atoms with Crippen LogP contribution in [0.25, 0.3) is 32.9 Å². The van der Waals surface area contributed by atoms with Crippen molar-refractivity contribution in [1.29, 1.82) is 0 Å². The van der Waals surface area contributed by atoms with Crippen molar-refractivity contribution in [1.82, 2.24) is 9.97 Å². The molecule has 2 heteroatoms. The third-order valence-electron chi connectivity index (χ3n) is 5.19. The summed E-state index contributed by atoms with van der Waals surface area (Å²) in [6, 6.07) is 17.5. The zero-order valence-corrected chi connectivity index (χ0v) is 16.8. The fourth-order valence-corrected chi connectivity index (χ4v) is 4.08. The van der Waals surface area contributed by atoms with Gasteiger partial charge in [-0.1, -0.05) is 56.3 Å². The van der Waals surface area contributed by atoms with E-state index in [0.717, 1.165) is 28.8 Å². The van der Waals surface area contributed by atoms with Gasteiger partial charge in [-0.3, -0.25) is 0 Å². The second kappa shape index (κ2) is 6.77. The van der Waals surface area contributed by atoms with Crippen molar-refractivity contribution in [3.05, 3.63) is 71.0 Å². The lowest BCUT2D eigenvalue weighted by Gasteiger charge is -2.14. The van der Waals surface area contributed by atoms with Crippen LogP contribution in [-0.2, 0) is 6.42 Å². The molecule has 0 atom stereocenters. The summed E-state index contributed by atoms with van der Waals surface area (Å²) in [4.78, 5) is 9.67. The fourth-order valence-electron chi connectivity index (χ4n) is 4.08. The maximum absolute atomic E-state index is 4.86. The van der Waals surface area contributed by atoms with E-state index < -0.39 is 0 Å². The van der Waals surface area contributed by atoms with Crippen LogP contribution in [0.2, 0.25) is 0 Å². The Balaban J connectivity index is 2.05. The number of aryl methyl sites for hydroxylation is 3. The van der Waals surface area contributed by atoms with Crippen LogP contribution in [0.4, 0.5) is 0 Å². The molecule has 3 aromatic carbocycles. The van der Waals surface area contributed by atoms with Gasteiger partial charge in [0.1, 0.15) is 5.82 Å². The number of nitrogens with zero attached hydrogens (tertiary/aromatic N) is 2. The summed E-state index contributed by atoms with van der Waals surface area (Å²) in [6.45, 7) is 10.9. The van der Waals surface area contributed by atoms with E-state index >= 15 is 0 Å². The molecular formula is C25H26N2. The van der Waals surface area contributed by atoms with Gasteiger partial charge in [0.25, 0.3) is 0 Å². The van der Waals surface area contributed by atoms with Crippen LogP contribution >= 0.6 is 0 Å². The quantitative estimate of drug-likeness (QED) is 0.389. The minimum Gasteiger partial charge on any atom is -0.233 e. The number of rotatable bonds is 3. The predicted molar refractivity (Wildman–Crippen MR) is 115 cm³/mol. The van der Waals surface area contributed by atoms with Crippen molar-refractivity contribution in [3.63, 3.8) is 0 Å². The van der Waals surface area contributed by atoms with E-state index in [-0.39, 0.29) is 0 Å². The Kier molecular flexibility index (Phi) is 4.43. The molecule has 1 heterocycles. The molecule has 0 aliphatic carbocycles. The highest BCUT2D eigenvalue weighted by Gasteiger charge is 2.14. The minimum atomic E-state index is 0.652. The highest BCUT2D eigenvalue weighted by molar-refractivity contribution is 6.10. The van der Waals surface area contributed by atoms with E-state index in [0.29, 0.717) is 5.92 Å². The molecule has 27 heavy (non-hydrogen) atoms. The lowest BCUT2D eigenvalue weighted by molar-refractivity contribution is 0.647. The molecular weight excluding hydrogens is 328 g/mol. The van der Waals surface area contributed by atoms with Crippen molar-refractivity contribution in [2.75, 3.05) is 0 Å². The maximum atomic E-state index is 4.86. The van der Waals surface area contributed by atoms with Gasteiger partial charge in [-0.15, -0.1) is 0 Å². The van der Waals surface area contributed by atoms with Gasteiger partial charge >= 0.3 is 0 Å². The molecule has 4 rings (SSSR count). The lowest BCUT2D eigenvalue weighted by Crippen LogP contribution is -1.98. The molecule has 0 saturated heterocycles. The smallest absolute Gasteiger partial charge is 0.126 e. The Bertz CT molecular complexity index is 1160. The first kappa shape index (κ1) is 17.7. The predicted octanol–water partition coefficient (Wildman–Crippen LogP) is 6.57. The number of benzene rings is 3. The van der Waals surface area contributed by atoms with Gasteiger partial charge in [-0.25, -0.2) is 9.97 Å².